The zero-order valence-corrected chi connectivity index (χ0v) is 17.6. The van der Waals surface area contributed by atoms with Crippen molar-refractivity contribution < 1.29 is 9.15 Å². The summed E-state index contributed by atoms with van der Waals surface area (Å²) in [6.45, 7) is 7.68. The van der Waals surface area contributed by atoms with E-state index in [-0.39, 0.29) is 0 Å². The Morgan fingerprint density at radius 1 is 1.20 bits per heavy atom. The lowest BCUT2D eigenvalue weighted by molar-refractivity contribution is 0.0945. The number of H-pyrrole nitrogens is 1. The third-order valence-corrected chi connectivity index (χ3v) is 4.35. The molecule has 3 N–H and O–H groups in total. The number of rotatable bonds is 11. The molecule has 0 fully saturated rings. The molecule has 160 valence electrons. The van der Waals surface area contributed by atoms with E-state index in [1.807, 2.05) is 30.3 Å². The molecule has 8 heteroatoms. The third-order valence-electron chi connectivity index (χ3n) is 4.35. The summed E-state index contributed by atoms with van der Waals surface area (Å²) in [5, 5.41) is 13.7. The van der Waals surface area contributed by atoms with Crippen molar-refractivity contribution in [2.45, 2.75) is 26.9 Å². The van der Waals surface area contributed by atoms with Gasteiger partial charge in [0.2, 0.25) is 5.82 Å². The first kappa shape index (κ1) is 21.6. The lowest BCUT2D eigenvalue weighted by Gasteiger charge is -2.13. The van der Waals surface area contributed by atoms with Gasteiger partial charge < -0.3 is 19.8 Å². The smallest absolute Gasteiger partial charge is 0.216 e. The zero-order valence-electron chi connectivity index (χ0n) is 17.6. The van der Waals surface area contributed by atoms with Gasteiger partial charge in [-0.1, -0.05) is 37.3 Å². The van der Waals surface area contributed by atoms with E-state index in [0.29, 0.717) is 50.2 Å². The van der Waals surface area contributed by atoms with E-state index < -0.39 is 0 Å². The van der Waals surface area contributed by atoms with Crippen molar-refractivity contribution in [1.29, 1.82) is 0 Å². The van der Waals surface area contributed by atoms with E-state index in [4.69, 9.17) is 9.15 Å². The molecule has 0 saturated carbocycles. The molecule has 30 heavy (non-hydrogen) atoms. The van der Waals surface area contributed by atoms with Gasteiger partial charge in [-0.25, -0.2) is 4.98 Å². The van der Waals surface area contributed by atoms with E-state index in [9.17, 15) is 0 Å². The third kappa shape index (κ3) is 7.04. The van der Waals surface area contributed by atoms with E-state index in [2.05, 4.69) is 56.8 Å². The second kappa shape index (κ2) is 11.8. The number of nitrogens with zero attached hydrogens (tertiary/aromatic N) is 3. The van der Waals surface area contributed by atoms with Crippen LogP contribution < -0.4 is 10.6 Å². The Morgan fingerprint density at radius 3 is 2.83 bits per heavy atom. The van der Waals surface area contributed by atoms with Crippen LogP contribution in [-0.4, -0.2) is 47.4 Å². The minimum Gasteiger partial charge on any atom is -0.461 e. The molecule has 0 amide bonds. The number of guanidine groups is 1. The minimum absolute atomic E-state index is 0.328. The Morgan fingerprint density at radius 2 is 2.07 bits per heavy atom. The summed E-state index contributed by atoms with van der Waals surface area (Å²) in [4.78, 5) is 9.12. The molecule has 0 saturated heterocycles. The summed E-state index contributed by atoms with van der Waals surface area (Å²) in [5.41, 5.74) is 1.19. The van der Waals surface area contributed by atoms with Crippen LogP contribution in [0.5, 0.6) is 0 Å². The maximum atomic E-state index is 5.81. The number of hydrogen-bond acceptors (Lipinski definition) is 5. The zero-order chi connectivity index (χ0) is 21.0. The van der Waals surface area contributed by atoms with Gasteiger partial charge in [0.15, 0.2) is 11.7 Å². The van der Waals surface area contributed by atoms with Crippen LogP contribution >= 0.6 is 0 Å². The second-order valence-electron chi connectivity index (χ2n) is 7.09. The lowest BCUT2D eigenvalue weighted by Crippen LogP contribution is -2.38. The van der Waals surface area contributed by atoms with Crippen molar-refractivity contribution in [1.82, 2.24) is 25.8 Å². The molecule has 1 aromatic carbocycles. The number of furan rings is 1. The van der Waals surface area contributed by atoms with Crippen molar-refractivity contribution in [3.63, 3.8) is 0 Å². The molecular weight excluding hydrogens is 380 g/mol. The second-order valence-corrected chi connectivity index (χ2v) is 7.09. The predicted octanol–water partition coefficient (Wildman–Crippen LogP) is 3.02. The normalized spacial score (nSPS) is 12.7. The number of aromatic amines is 1. The topological polar surface area (TPSA) is 100 Å². The Kier molecular flexibility index (Phi) is 8.47. The quantitative estimate of drug-likeness (QED) is 0.332. The van der Waals surface area contributed by atoms with Crippen molar-refractivity contribution in [3.05, 3.63) is 60.1 Å². The molecule has 1 unspecified atom stereocenters. The van der Waals surface area contributed by atoms with Gasteiger partial charge in [-0.3, -0.25) is 10.1 Å². The van der Waals surface area contributed by atoms with Crippen LogP contribution in [0.3, 0.4) is 0 Å². The summed E-state index contributed by atoms with van der Waals surface area (Å²) < 4.78 is 11.1. The predicted molar refractivity (Wildman–Crippen MR) is 117 cm³/mol. The maximum absolute atomic E-state index is 5.81. The standard InChI is InChI=1S/C22H30N6O2/c1-3-23-22(25-14-17(2)15-29-16-18-8-5-4-6-9-18)24-12-11-20-26-21(28-27-20)19-10-7-13-30-19/h4-10,13,17H,3,11-12,14-16H2,1-2H3,(H2,23,24,25)(H,26,27,28). The van der Waals surface area contributed by atoms with Crippen LogP contribution in [0, 0.1) is 5.92 Å². The number of ether oxygens (including phenoxy) is 1. The van der Waals surface area contributed by atoms with Crippen LogP contribution in [0.2, 0.25) is 0 Å². The van der Waals surface area contributed by atoms with E-state index in [1.54, 1.807) is 6.26 Å². The van der Waals surface area contributed by atoms with Gasteiger partial charge in [0.25, 0.3) is 0 Å². The number of nitrogens with one attached hydrogen (secondary N) is 3. The summed E-state index contributed by atoms with van der Waals surface area (Å²) >= 11 is 0. The average Bonchev–Trinajstić information content (AvgIpc) is 3.45. The molecule has 0 radical (unpaired) electrons. The van der Waals surface area contributed by atoms with Crippen molar-refractivity contribution in [2.24, 2.45) is 10.9 Å². The summed E-state index contributed by atoms with van der Waals surface area (Å²) in [6, 6.07) is 13.9. The average molecular weight is 411 g/mol. The van der Waals surface area contributed by atoms with Gasteiger partial charge in [0, 0.05) is 26.1 Å². The Labute approximate surface area is 177 Å². The van der Waals surface area contributed by atoms with Gasteiger partial charge in [-0.15, -0.1) is 0 Å². The van der Waals surface area contributed by atoms with Crippen LogP contribution in [0.1, 0.15) is 25.2 Å². The fraction of sp³-hybridized carbons (Fsp3) is 0.409. The Bertz CT molecular complexity index is 876. The van der Waals surface area contributed by atoms with Crippen LogP contribution in [0.25, 0.3) is 11.6 Å². The largest absolute Gasteiger partial charge is 0.461 e. The molecule has 0 aliphatic heterocycles. The van der Waals surface area contributed by atoms with Gasteiger partial charge in [0.05, 0.1) is 19.5 Å². The molecule has 0 aliphatic carbocycles. The summed E-state index contributed by atoms with van der Waals surface area (Å²) in [5.74, 6) is 3.14. The number of aromatic nitrogens is 3. The molecule has 1 atom stereocenters. The molecule has 3 rings (SSSR count). The van der Waals surface area contributed by atoms with Gasteiger partial charge in [-0.2, -0.15) is 5.10 Å². The highest BCUT2D eigenvalue weighted by molar-refractivity contribution is 5.79. The van der Waals surface area contributed by atoms with Crippen molar-refractivity contribution in [3.8, 4) is 11.6 Å². The van der Waals surface area contributed by atoms with Gasteiger partial charge in [0.1, 0.15) is 5.82 Å². The highest BCUT2D eigenvalue weighted by Crippen LogP contribution is 2.14. The molecule has 0 bridgehead atoms. The molecular formula is C22H30N6O2. The minimum atomic E-state index is 0.328. The first-order chi connectivity index (χ1) is 14.7. The maximum Gasteiger partial charge on any atom is 0.216 e. The first-order valence-corrected chi connectivity index (χ1v) is 10.3. The lowest BCUT2D eigenvalue weighted by atomic mass is 10.2. The first-order valence-electron chi connectivity index (χ1n) is 10.3. The molecule has 0 spiro atoms. The molecule has 2 aromatic heterocycles. The van der Waals surface area contributed by atoms with E-state index >= 15 is 0 Å². The highest BCUT2D eigenvalue weighted by Gasteiger charge is 2.08. The van der Waals surface area contributed by atoms with E-state index in [1.165, 1.54) is 5.56 Å². The SMILES string of the molecule is CCNC(=NCC(C)COCc1ccccc1)NCCc1nc(-c2ccco2)n[nH]1. The van der Waals surface area contributed by atoms with Crippen LogP contribution in [0.4, 0.5) is 0 Å². The molecule has 0 aliphatic rings. The molecule has 8 nitrogen and oxygen atoms in total. The highest BCUT2D eigenvalue weighted by atomic mass is 16.5. The monoisotopic (exact) mass is 410 g/mol. The Hall–Kier alpha value is -3.13. The van der Waals surface area contributed by atoms with Gasteiger partial charge in [-0.05, 0) is 30.5 Å². The van der Waals surface area contributed by atoms with E-state index in [0.717, 1.165) is 18.3 Å². The summed E-state index contributed by atoms with van der Waals surface area (Å²) in [7, 11) is 0. The number of hydrogen-bond donors (Lipinski definition) is 3. The fourth-order valence-electron chi connectivity index (χ4n) is 2.82. The van der Waals surface area contributed by atoms with Crippen molar-refractivity contribution in [2.75, 3.05) is 26.2 Å². The molecule has 2 heterocycles. The van der Waals surface area contributed by atoms with Crippen LogP contribution in [-0.2, 0) is 17.8 Å². The fourth-order valence-corrected chi connectivity index (χ4v) is 2.82. The number of benzene rings is 1. The van der Waals surface area contributed by atoms with Crippen LogP contribution in [0.15, 0.2) is 58.1 Å². The summed E-state index contributed by atoms with van der Waals surface area (Å²) in [6.07, 6.45) is 2.31. The van der Waals surface area contributed by atoms with Crippen molar-refractivity contribution >= 4 is 5.96 Å². The number of aliphatic imine (C=N–C) groups is 1. The molecule has 3 aromatic rings. The Balaban J connectivity index is 1.39. The van der Waals surface area contributed by atoms with Gasteiger partial charge >= 0.3 is 0 Å².